The third-order valence-electron chi connectivity index (χ3n) is 4.22. The normalized spacial score (nSPS) is 17.2. The van der Waals surface area contributed by atoms with Crippen LogP contribution in [-0.2, 0) is 0 Å². The number of fused-ring (bicyclic) bond motifs is 1. The van der Waals surface area contributed by atoms with Crippen molar-refractivity contribution in [2.75, 3.05) is 26.7 Å². The first-order chi connectivity index (χ1) is 10.2. The molecule has 112 valence electrons. The number of hydrogen-bond acceptors (Lipinski definition) is 4. The van der Waals surface area contributed by atoms with E-state index < -0.39 is 0 Å². The van der Waals surface area contributed by atoms with Crippen molar-refractivity contribution in [2.24, 2.45) is 5.92 Å². The monoisotopic (exact) mass is 303 g/mol. The number of carbonyl (C=O) groups excluding carboxylic acids is 1. The number of pyridine rings is 1. The molecular formula is C16H21N3OS. The van der Waals surface area contributed by atoms with Crippen LogP contribution in [0.2, 0.25) is 0 Å². The Balaban J connectivity index is 1.50. The third-order valence-corrected chi connectivity index (χ3v) is 5.31. The van der Waals surface area contributed by atoms with Gasteiger partial charge in [0.1, 0.15) is 0 Å². The standard InChI is InChI=1S/C16H21N3OS/c1-19-8-4-12(5-9-19)2-7-18-16(20)14-10-13-3-6-17-11-15(13)21-14/h3,6,10-12H,2,4-5,7-9H2,1H3,(H,18,20). The highest BCUT2D eigenvalue weighted by atomic mass is 32.1. The van der Waals surface area contributed by atoms with Crippen LogP contribution in [0.15, 0.2) is 24.5 Å². The Bertz CT molecular complexity index is 584. The lowest BCUT2D eigenvalue weighted by atomic mass is 9.94. The minimum Gasteiger partial charge on any atom is -0.351 e. The fourth-order valence-electron chi connectivity index (χ4n) is 2.82. The van der Waals surface area contributed by atoms with Crippen molar-refractivity contribution in [2.45, 2.75) is 19.3 Å². The van der Waals surface area contributed by atoms with E-state index in [2.05, 4.69) is 22.2 Å². The zero-order valence-electron chi connectivity index (χ0n) is 12.3. The molecule has 21 heavy (non-hydrogen) atoms. The summed E-state index contributed by atoms with van der Waals surface area (Å²) in [6.07, 6.45) is 7.17. The molecule has 4 nitrogen and oxygen atoms in total. The number of rotatable bonds is 4. The van der Waals surface area contributed by atoms with Crippen molar-refractivity contribution < 1.29 is 4.79 Å². The predicted molar refractivity (Wildman–Crippen MR) is 86.8 cm³/mol. The number of nitrogens with one attached hydrogen (secondary N) is 1. The Morgan fingerprint density at radius 2 is 2.29 bits per heavy atom. The number of aromatic nitrogens is 1. The number of nitrogens with zero attached hydrogens (tertiary/aromatic N) is 2. The summed E-state index contributed by atoms with van der Waals surface area (Å²) >= 11 is 1.51. The highest BCUT2D eigenvalue weighted by Gasteiger charge is 2.17. The maximum absolute atomic E-state index is 12.2. The molecule has 1 saturated heterocycles. The van der Waals surface area contributed by atoms with Crippen LogP contribution in [0.5, 0.6) is 0 Å². The van der Waals surface area contributed by atoms with Crippen LogP contribution in [0.3, 0.4) is 0 Å². The lowest BCUT2D eigenvalue weighted by Crippen LogP contribution is -2.32. The van der Waals surface area contributed by atoms with Crippen LogP contribution >= 0.6 is 11.3 Å². The zero-order valence-corrected chi connectivity index (χ0v) is 13.2. The molecule has 1 N–H and O–H groups in total. The van der Waals surface area contributed by atoms with E-state index in [1.54, 1.807) is 6.20 Å². The Labute approximate surface area is 129 Å². The second kappa shape index (κ2) is 6.54. The Kier molecular flexibility index (Phi) is 4.51. The van der Waals surface area contributed by atoms with E-state index in [0.717, 1.165) is 33.8 Å². The van der Waals surface area contributed by atoms with Gasteiger partial charge in [-0.15, -0.1) is 11.3 Å². The van der Waals surface area contributed by atoms with E-state index >= 15 is 0 Å². The van der Waals surface area contributed by atoms with Crippen LogP contribution in [-0.4, -0.2) is 42.5 Å². The van der Waals surface area contributed by atoms with Crippen molar-refractivity contribution in [3.63, 3.8) is 0 Å². The summed E-state index contributed by atoms with van der Waals surface area (Å²) in [6, 6.07) is 3.90. The number of carbonyl (C=O) groups is 1. The van der Waals surface area contributed by atoms with Crippen LogP contribution in [0.1, 0.15) is 28.9 Å². The SMILES string of the molecule is CN1CCC(CCNC(=O)c2cc3ccncc3s2)CC1. The average molecular weight is 303 g/mol. The minimum atomic E-state index is 0.0455. The van der Waals surface area contributed by atoms with Gasteiger partial charge in [0.05, 0.1) is 9.58 Å². The molecule has 1 aliphatic heterocycles. The van der Waals surface area contributed by atoms with E-state index in [1.807, 2.05) is 18.3 Å². The lowest BCUT2D eigenvalue weighted by molar-refractivity contribution is 0.0953. The van der Waals surface area contributed by atoms with Gasteiger partial charge >= 0.3 is 0 Å². The molecule has 0 aliphatic carbocycles. The first-order valence-electron chi connectivity index (χ1n) is 7.52. The smallest absolute Gasteiger partial charge is 0.261 e. The number of piperidine rings is 1. The highest BCUT2D eigenvalue weighted by Crippen LogP contribution is 2.24. The van der Waals surface area contributed by atoms with Crippen LogP contribution in [0, 0.1) is 5.92 Å². The predicted octanol–water partition coefficient (Wildman–Crippen LogP) is 2.76. The zero-order chi connectivity index (χ0) is 14.7. The van der Waals surface area contributed by atoms with E-state index in [9.17, 15) is 4.79 Å². The van der Waals surface area contributed by atoms with Crippen molar-refractivity contribution in [3.8, 4) is 0 Å². The van der Waals surface area contributed by atoms with Gasteiger partial charge in [0.25, 0.3) is 5.91 Å². The molecule has 2 aromatic heterocycles. The van der Waals surface area contributed by atoms with E-state index in [0.29, 0.717) is 0 Å². The second-order valence-electron chi connectivity index (χ2n) is 5.82. The highest BCUT2D eigenvalue weighted by molar-refractivity contribution is 7.20. The quantitative estimate of drug-likeness (QED) is 0.944. The topological polar surface area (TPSA) is 45.2 Å². The van der Waals surface area contributed by atoms with Crippen molar-refractivity contribution >= 4 is 27.3 Å². The number of amides is 1. The van der Waals surface area contributed by atoms with E-state index in [-0.39, 0.29) is 5.91 Å². The molecule has 3 rings (SSSR count). The molecule has 0 bridgehead atoms. The molecule has 2 aromatic rings. The maximum Gasteiger partial charge on any atom is 0.261 e. The molecule has 5 heteroatoms. The summed E-state index contributed by atoms with van der Waals surface area (Å²) in [5.41, 5.74) is 0. The molecule has 1 aliphatic rings. The van der Waals surface area contributed by atoms with E-state index in [4.69, 9.17) is 0 Å². The maximum atomic E-state index is 12.2. The van der Waals surface area contributed by atoms with Gasteiger partial charge in [-0.25, -0.2) is 0 Å². The summed E-state index contributed by atoms with van der Waals surface area (Å²) in [5.74, 6) is 0.803. The average Bonchev–Trinajstić information content (AvgIpc) is 2.93. The Hall–Kier alpha value is -1.46. The van der Waals surface area contributed by atoms with Gasteiger partial charge in [-0.05, 0) is 62.8 Å². The van der Waals surface area contributed by atoms with Crippen LogP contribution in [0.4, 0.5) is 0 Å². The van der Waals surface area contributed by atoms with Gasteiger partial charge in [-0.2, -0.15) is 0 Å². The summed E-state index contributed by atoms with van der Waals surface area (Å²) < 4.78 is 1.07. The second-order valence-corrected chi connectivity index (χ2v) is 6.90. The van der Waals surface area contributed by atoms with Crippen molar-refractivity contribution in [1.82, 2.24) is 15.2 Å². The van der Waals surface area contributed by atoms with Gasteiger partial charge in [0.15, 0.2) is 0 Å². The number of hydrogen-bond donors (Lipinski definition) is 1. The fourth-order valence-corrected chi connectivity index (χ4v) is 3.77. The third kappa shape index (κ3) is 3.60. The van der Waals surface area contributed by atoms with Crippen molar-refractivity contribution in [3.05, 3.63) is 29.4 Å². The van der Waals surface area contributed by atoms with Gasteiger partial charge in [-0.1, -0.05) is 0 Å². The summed E-state index contributed by atoms with van der Waals surface area (Å²) in [7, 11) is 2.17. The molecule has 1 fully saturated rings. The summed E-state index contributed by atoms with van der Waals surface area (Å²) in [4.78, 5) is 19.4. The first kappa shape index (κ1) is 14.5. The molecule has 0 unspecified atom stereocenters. The Morgan fingerprint density at radius 3 is 3.05 bits per heavy atom. The molecule has 1 amide bonds. The van der Waals surface area contributed by atoms with Gasteiger partial charge in [-0.3, -0.25) is 9.78 Å². The molecule has 0 spiro atoms. The van der Waals surface area contributed by atoms with Gasteiger partial charge in [0, 0.05) is 18.9 Å². The van der Waals surface area contributed by atoms with Crippen LogP contribution in [0.25, 0.3) is 10.1 Å². The van der Waals surface area contributed by atoms with Gasteiger partial charge in [0.2, 0.25) is 0 Å². The minimum absolute atomic E-state index is 0.0455. The molecule has 0 aromatic carbocycles. The summed E-state index contributed by atoms with van der Waals surface area (Å²) in [5, 5.41) is 4.15. The molecule has 0 atom stereocenters. The largest absolute Gasteiger partial charge is 0.351 e. The summed E-state index contributed by atoms with van der Waals surface area (Å²) in [6.45, 7) is 3.14. The van der Waals surface area contributed by atoms with Crippen LogP contribution < -0.4 is 5.32 Å². The first-order valence-corrected chi connectivity index (χ1v) is 8.34. The fraction of sp³-hybridized carbons (Fsp3) is 0.500. The molecule has 3 heterocycles. The Morgan fingerprint density at radius 1 is 1.48 bits per heavy atom. The van der Waals surface area contributed by atoms with Gasteiger partial charge < -0.3 is 10.2 Å². The molecule has 0 radical (unpaired) electrons. The molecule has 0 saturated carbocycles. The molecular weight excluding hydrogens is 282 g/mol. The van der Waals surface area contributed by atoms with Crippen molar-refractivity contribution in [1.29, 1.82) is 0 Å². The number of likely N-dealkylation sites (tertiary alicyclic amines) is 1. The number of thiophene rings is 1. The van der Waals surface area contributed by atoms with E-state index in [1.165, 1.54) is 37.3 Å². The lowest BCUT2D eigenvalue weighted by Gasteiger charge is -2.28.